The molecule has 2 heterocycles. The fourth-order valence-corrected chi connectivity index (χ4v) is 3.22. The first-order valence-corrected chi connectivity index (χ1v) is 7.91. The molecule has 0 aliphatic rings. The lowest BCUT2D eigenvalue weighted by Crippen LogP contribution is -2.16. The third-order valence-electron chi connectivity index (χ3n) is 3.45. The highest BCUT2D eigenvalue weighted by atomic mass is 32.1. The molecule has 3 aromatic rings. The quantitative estimate of drug-likeness (QED) is 0.731. The van der Waals surface area contributed by atoms with E-state index in [1.54, 1.807) is 7.11 Å². The maximum atomic E-state index is 5.78. The molecule has 2 aromatic heterocycles. The average molecular weight is 314 g/mol. The van der Waals surface area contributed by atoms with E-state index in [9.17, 15) is 0 Å². The van der Waals surface area contributed by atoms with E-state index in [4.69, 9.17) is 10.5 Å². The van der Waals surface area contributed by atoms with Crippen LogP contribution in [0.25, 0.3) is 10.1 Å². The summed E-state index contributed by atoms with van der Waals surface area (Å²) in [6.07, 6.45) is 0.784. The van der Waals surface area contributed by atoms with Crippen LogP contribution in [-0.2, 0) is 0 Å². The number of hydrogen-bond acceptors (Lipinski definition) is 6. The third-order valence-corrected chi connectivity index (χ3v) is 4.29. The molecular weight excluding hydrogens is 296 g/mol. The summed E-state index contributed by atoms with van der Waals surface area (Å²) in [6, 6.07) is 13.9. The summed E-state index contributed by atoms with van der Waals surface area (Å²) in [4.78, 5) is 4.40. The van der Waals surface area contributed by atoms with Gasteiger partial charge in [0, 0.05) is 11.5 Å². The Hall–Kier alpha value is -2.18. The van der Waals surface area contributed by atoms with E-state index in [-0.39, 0.29) is 6.04 Å². The molecule has 1 unspecified atom stereocenters. The van der Waals surface area contributed by atoms with Gasteiger partial charge in [-0.25, -0.2) is 0 Å². The van der Waals surface area contributed by atoms with Gasteiger partial charge in [-0.3, -0.25) is 0 Å². The molecule has 1 atom stereocenters. The second kappa shape index (κ2) is 6.72. The topological polar surface area (TPSA) is 73.1 Å². The fraction of sp³-hybridized carbons (Fsp3) is 0.250. The van der Waals surface area contributed by atoms with E-state index in [2.05, 4.69) is 26.8 Å². The zero-order valence-corrected chi connectivity index (χ0v) is 13.1. The number of aromatic nitrogens is 2. The van der Waals surface area contributed by atoms with Crippen molar-refractivity contribution in [1.82, 2.24) is 9.36 Å². The van der Waals surface area contributed by atoms with Crippen LogP contribution >= 0.6 is 11.5 Å². The molecular formula is C16H18N4OS. The summed E-state index contributed by atoms with van der Waals surface area (Å²) in [6.45, 7) is 0.577. The van der Waals surface area contributed by atoms with Gasteiger partial charge < -0.3 is 15.8 Å². The number of nitrogens with one attached hydrogen (secondary N) is 1. The molecule has 0 bridgehead atoms. The molecule has 22 heavy (non-hydrogen) atoms. The monoisotopic (exact) mass is 314 g/mol. The number of nitrogens with zero attached hydrogens (tertiary/aromatic N) is 2. The van der Waals surface area contributed by atoms with E-state index < -0.39 is 0 Å². The normalized spacial score (nSPS) is 12.3. The molecule has 0 aliphatic heterocycles. The number of nitrogens with two attached hydrogens (primary N) is 1. The Bertz CT molecular complexity index is 758. The largest absolute Gasteiger partial charge is 0.481 e. The lowest BCUT2D eigenvalue weighted by Gasteiger charge is -2.17. The molecule has 0 radical (unpaired) electrons. The minimum Gasteiger partial charge on any atom is -0.481 e. The van der Waals surface area contributed by atoms with Gasteiger partial charge in [-0.1, -0.05) is 24.3 Å². The van der Waals surface area contributed by atoms with Crippen LogP contribution in [0.15, 0.2) is 42.5 Å². The molecule has 0 spiro atoms. The van der Waals surface area contributed by atoms with Crippen molar-refractivity contribution in [3.05, 3.63) is 48.2 Å². The molecule has 3 rings (SSSR count). The van der Waals surface area contributed by atoms with Crippen molar-refractivity contribution < 1.29 is 4.74 Å². The summed E-state index contributed by atoms with van der Waals surface area (Å²) in [5.74, 6) is 1.34. The van der Waals surface area contributed by atoms with Crippen LogP contribution in [0, 0.1) is 0 Å². The Morgan fingerprint density at radius 2 is 2.09 bits per heavy atom. The van der Waals surface area contributed by atoms with Crippen molar-refractivity contribution in [2.75, 3.05) is 19.0 Å². The second-order valence-corrected chi connectivity index (χ2v) is 5.71. The first-order chi connectivity index (χ1) is 10.8. The number of methoxy groups -OCH3 is 1. The van der Waals surface area contributed by atoms with E-state index in [1.165, 1.54) is 21.6 Å². The van der Waals surface area contributed by atoms with Gasteiger partial charge in [0.05, 0.1) is 23.5 Å². The maximum absolute atomic E-state index is 5.78. The standard InChI is InChI=1S/C16H18N4OS/c1-21-15-8-4-7-14(19-15)18-12(9-10-17)16-11-5-2-3-6-13(11)22-20-16/h2-8,12H,9-10,17H2,1H3,(H,18,19). The zero-order valence-electron chi connectivity index (χ0n) is 12.3. The molecule has 0 saturated heterocycles. The van der Waals surface area contributed by atoms with Gasteiger partial charge in [-0.2, -0.15) is 9.36 Å². The Labute approximate surface area is 133 Å². The van der Waals surface area contributed by atoms with Crippen LogP contribution in [0.5, 0.6) is 5.88 Å². The van der Waals surface area contributed by atoms with Gasteiger partial charge in [0.2, 0.25) is 5.88 Å². The fourth-order valence-electron chi connectivity index (χ4n) is 2.39. The first kappa shape index (κ1) is 14.7. The molecule has 0 fully saturated rings. The number of fused-ring (bicyclic) bond motifs is 1. The van der Waals surface area contributed by atoms with E-state index in [1.807, 2.05) is 30.3 Å². The maximum Gasteiger partial charge on any atom is 0.214 e. The SMILES string of the molecule is COc1cccc(NC(CCN)c2nsc3ccccc23)n1. The number of benzene rings is 1. The summed E-state index contributed by atoms with van der Waals surface area (Å²) in [5.41, 5.74) is 6.80. The van der Waals surface area contributed by atoms with Crippen molar-refractivity contribution in [3.8, 4) is 5.88 Å². The number of hydrogen-bond donors (Lipinski definition) is 2. The van der Waals surface area contributed by atoms with E-state index in [0.29, 0.717) is 12.4 Å². The summed E-state index contributed by atoms with van der Waals surface area (Å²) >= 11 is 1.51. The molecule has 5 nitrogen and oxygen atoms in total. The minimum atomic E-state index is 0.0285. The number of pyridine rings is 1. The van der Waals surface area contributed by atoms with Crippen LogP contribution in [-0.4, -0.2) is 23.0 Å². The molecule has 0 saturated carbocycles. The van der Waals surface area contributed by atoms with Gasteiger partial charge >= 0.3 is 0 Å². The molecule has 1 aromatic carbocycles. The van der Waals surface area contributed by atoms with Gasteiger partial charge in [0.1, 0.15) is 5.82 Å². The van der Waals surface area contributed by atoms with Crippen molar-refractivity contribution in [2.45, 2.75) is 12.5 Å². The smallest absolute Gasteiger partial charge is 0.214 e. The lowest BCUT2D eigenvalue weighted by atomic mass is 10.1. The minimum absolute atomic E-state index is 0.0285. The molecule has 3 N–H and O–H groups in total. The highest BCUT2D eigenvalue weighted by Gasteiger charge is 2.17. The lowest BCUT2D eigenvalue weighted by molar-refractivity contribution is 0.398. The predicted molar refractivity (Wildman–Crippen MR) is 90.4 cm³/mol. The molecule has 0 aliphatic carbocycles. The van der Waals surface area contributed by atoms with Crippen LogP contribution in [0.2, 0.25) is 0 Å². The zero-order chi connectivity index (χ0) is 15.4. The summed E-state index contributed by atoms with van der Waals surface area (Å²) in [7, 11) is 1.61. The Balaban J connectivity index is 1.92. The Kier molecular flexibility index (Phi) is 4.50. The van der Waals surface area contributed by atoms with Crippen LogP contribution < -0.4 is 15.8 Å². The summed E-state index contributed by atoms with van der Waals surface area (Å²) in [5, 5.41) is 4.59. The summed E-state index contributed by atoms with van der Waals surface area (Å²) < 4.78 is 11.0. The van der Waals surface area contributed by atoms with Crippen LogP contribution in [0.1, 0.15) is 18.2 Å². The number of rotatable bonds is 6. The number of ether oxygens (including phenoxy) is 1. The van der Waals surface area contributed by atoms with Gasteiger partial charge in [-0.15, -0.1) is 0 Å². The molecule has 114 valence electrons. The van der Waals surface area contributed by atoms with Gasteiger partial charge in [-0.05, 0) is 36.6 Å². The van der Waals surface area contributed by atoms with Crippen molar-refractivity contribution in [1.29, 1.82) is 0 Å². The Morgan fingerprint density at radius 1 is 1.23 bits per heavy atom. The second-order valence-electron chi connectivity index (χ2n) is 4.90. The van der Waals surface area contributed by atoms with E-state index >= 15 is 0 Å². The van der Waals surface area contributed by atoms with E-state index in [0.717, 1.165) is 17.9 Å². The van der Waals surface area contributed by atoms with Crippen molar-refractivity contribution >= 4 is 27.4 Å². The Morgan fingerprint density at radius 3 is 2.91 bits per heavy atom. The van der Waals surface area contributed by atoms with Crippen molar-refractivity contribution in [2.24, 2.45) is 5.73 Å². The predicted octanol–water partition coefficient (Wildman–Crippen LogP) is 3.20. The average Bonchev–Trinajstić information content (AvgIpc) is 2.99. The van der Waals surface area contributed by atoms with Crippen LogP contribution in [0.3, 0.4) is 0 Å². The van der Waals surface area contributed by atoms with Gasteiger partial charge in [0.15, 0.2) is 0 Å². The first-order valence-electron chi connectivity index (χ1n) is 7.14. The molecule has 0 amide bonds. The highest BCUT2D eigenvalue weighted by Crippen LogP contribution is 2.30. The van der Waals surface area contributed by atoms with Crippen LogP contribution in [0.4, 0.5) is 5.82 Å². The molecule has 6 heteroatoms. The highest BCUT2D eigenvalue weighted by molar-refractivity contribution is 7.13. The van der Waals surface area contributed by atoms with Gasteiger partial charge in [0.25, 0.3) is 0 Å². The third kappa shape index (κ3) is 3.03. The van der Waals surface area contributed by atoms with Crippen molar-refractivity contribution in [3.63, 3.8) is 0 Å². The number of anilines is 1.